The van der Waals surface area contributed by atoms with Gasteiger partial charge in [-0.1, -0.05) is 30.3 Å². The fourth-order valence-corrected chi connectivity index (χ4v) is 2.05. The van der Waals surface area contributed by atoms with Crippen molar-refractivity contribution in [3.05, 3.63) is 35.9 Å². The van der Waals surface area contributed by atoms with Gasteiger partial charge in [-0.25, -0.2) is 0 Å². The van der Waals surface area contributed by atoms with Gasteiger partial charge in [0.15, 0.2) is 12.4 Å². The molecule has 2 rings (SSSR count). The molecule has 0 aliphatic carbocycles. The van der Waals surface area contributed by atoms with Crippen LogP contribution in [0.4, 0.5) is 0 Å². The summed E-state index contributed by atoms with van der Waals surface area (Å²) in [4.78, 5) is 11.0. The molecular formula is C13H17NO6. The smallest absolute Gasteiger partial charge is 0.249 e. The van der Waals surface area contributed by atoms with E-state index in [0.29, 0.717) is 0 Å². The van der Waals surface area contributed by atoms with Crippen molar-refractivity contribution in [2.45, 2.75) is 37.3 Å². The van der Waals surface area contributed by atoms with Crippen molar-refractivity contribution in [1.29, 1.82) is 0 Å². The first-order valence-corrected chi connectivity index (χ1v) is 6.15. The van der Waals surface area contributed by atoms with Gasteiger partial charge in [0.1, 0.15) is 18.3 Å². The number of hydrogen-bond acceptors (Lipinski definition) is 6. The van der Waals surface area contributed by atoms with Crippen LogP contribution in [-0.4, -0.2) is 51.9 Å². The Bertz CT molecular complexity index is 453. The molecule has 0 spiro atoms. The van der Waals surface area contributed by atoms with E-state index in [0.717, 1.165) is 5.56 Å². The second-order valence-electron chi connectivity index (χ2n) is 4.59. The maximum Gasteiger partial charge on any atom is 0.249 e. The minimum Gasteiger partial charge on any atom is -0.385 e. The summed E-state index contributed by atoms with van der Waals surface area (Å²) in [7, 11) is 0. The lowest BCUT2D eigenvalue weighted by Crippen LogP contribution is -2.46. The summed E-state index contributed by atoms with van der Waals surface area (Å²) in [5.74, 6) is -1.01. The van der Waals surface area contributed by atoms with E-state index in [1.165, 1.54) is 0 Å². The van der Waals surface area contributed by atoms with E-state index in [9.17, 15) is 20.1 Å². The molecule has 7 heteroatoms. The van der Waals surface area contributed by atoms with Gasteiger partial charge >= 0.3 is 0 Å². The first-order valence-electron chi connectivity index (χ1n) is 6.15. The highest BCUT2D eigenvalue weighted by atomic mass is 16.7. The number of hydrogen-bond donors (Lipinski definition) is 4. The molecule has 110 valence electrons. The molecule has 5 atom stereocenters. The quantitative estimate of drug-likeness (QED) is 0.521. The van der Waals surface area contributed by atoms with Gasteiger partial charge in [0.2, 0.25) is 5.91 Å². The van der Waals surface area contributed by atoms with Crippen molar-refractivity contribution in [2.24, 2.45) is 5.73 Å². The Morgan fingerprint density at radius 3 is 2.60 bits per heavy atom. The van der Waals surface area contributed by atoms with Gasteiger partial charge < -0.3 is 30.5 Å². The average Bonchev–Trinajstić information content (AvgIpc) is 2.72. The minimum atomic E-state index is -1.66. The Morgan fingerprint density at radius 1 is 1.35 bits per heavy atom. The van der Waals surface area contributed by atoms with Crippen LogP contribution in [0.1, 0.15) is 5.56 Å². The summed E-state index contributed by atoms with van der Waals surface area (Å²) < 4.78 is 10.4. The summed E-state index contributed by atoms with van der Waals surface area (Å²) in [6.45, 7) is 0.140. The molecule has 1 aromatic rings. The number of amides is 1. The number of aliphatic hydroxyl groups excluding tert-OH is 3. The second kappa shape index (κ2) is 6.29. The molecule has 1 aromatic carbocycles. The number of nitrogens with two attached hydrogens (primary N) is 1. The maximum absolute atomic E-state index is 11.0. The topological polar surface area (TPSA) is 122 Å². The SMILES string of the molecule is NC(=O)[C@H](O)[C@H]1O[C@@H](O)C(O)[C@@H]1OCc1ccccc1. The number of rotatable bonds is 5. The largest absolute Gasteiger partial charge is 0.385 e. The molecule has 1 heterocycles. The van der Waals surface area contributed by atoms with Gasteiger partial charge in [0.05, 0.1) is 6.61 Å². The Kier molecular flexibility index (Phi) is 4.69. The summed E-state index contributed by atoms with van der Waals surface area (Å²) in [5.41, 5.74) is 5.83. The zero-order valence-corrected chi connectivity index (χ0v) is 10.6. The zero-order chi connectivity index (χ0) is 14.7. The van der Waals surface area contributed by atoms with E-state index in [-0.39, 0.29) is 6.61 Å². The normalized spacial score (nSPS) is 31.1. The lowest BCUT2D eigenvalue weighted by molar-refractivity contribution is -0.157. The highest BCUT2D eigenvalue weighted by molar-refractivity contribution is 5.79. The molecule has 0 saturated carbocycles. The minimum absolute atomic E-state index is 0.140. The predicted octanol–water partition coefficient (Wildman–Crippen LogP) is -1.50. The molecule has 7 nitrogen and oxygen atoms in total. The molecule has 1 aliphatic rings. The van der Waals surface area contributed by atoms with Gasteiger partial charge in [0, 0.05) is 0 Å². The number of ether oxygens (including phenoxy) is 2. The molecule has 0 bridgehead atoms. The highest BCUT2D eigenvalue weighted by Gasteiger charge is 2.48. The van der Waals surface area contributed by atoms with Crippen LogP contribution < -0.4 is 5.73 Å². The third-order valence-electron chi connectivity index (χ3n) is 3.14. The van der Waals surface area contributed by atoms with Crippen molar-refractivity contribution in [1.82, 2.24) is 0 Å². The summed E-state index contributed by atoms with van der Waals surface area (Å²) in [6.07, 6.45) is -6.82. The van der Waals surface area contributed by atoms with Crippen LogP contribution in [0.3, 0.4) is 0 Å². The lowest BCUT2D eigenvalue weighted by Gasteiger charge is -2.22. The van der Waals surface area contributed by atoms with Gasteiger partial charge in [-0.15, -0.1) is 0 Å². The number of benzene rings is 1. The third-order valence-corrected chi connectivity index (χ3v) is 3.14. The summed E-state index contributed by atoms with van der Waals surface area (Å²) in [6, 6.07) is 9.13. The molecule has 1 saturated heterocycles. The fraction of sp³-hybridized carbons (Fsp3) is 0.462. The van der Waals surface area contributed by atoms with Gasteiger partial charge in [-0.2, -0.15) is 0 Å². The van der Waals surface area contributed by atoms with Crippen LogP contribution in [-0.2, 0) is 20.9 Å². The molecule has 1 aliphatic heterocycles. The molecule has 5 N–H and O–H groups in total. The van der Waals surface area contributed by atoms with Crippen molar-refractivity contribution in [3.8, 4) is 0 Å². The van der Waals surface area contributed by atoms with Gasteiger partial charge in [0.25, 0.3) is 0 Å². The van der Waals surface area contributed by atoms with Crippen LogP contribution in [0, 0.1) is 0 Å². The van der Waals surface area contributed by atoms with E-state index in [1.54, 1.807) is 0 Å². The van der Waals surface area contributed by atoms with E-state index in [4.69, 9.17) is 15.2 Å². The van der Waals surface area contributed by atoms with E-state index in [2.05, 4.69) is 0 Å². The van der Waals surface area contributed by atoms with Crippen LogP contribution in [0.5, 0.6) is 0 Å². The van der Waals surface area contributed by atoms with E-state index in [1.807, 2.05) is 30.3 Å². The first kappa shape index (κ1) is 14.9. The van der Waals surface area contributed by atoms with Crippen molar-refractivity contribution < 1.29 is 29.6 Å². The van der Waals surface area contributed by atoms with Crippen molar-refractivity contribution in [3.63, 3.8) is 0 Å². The number of aliphatic hydroxyl groups is 3. The first-order chi connectivity index (χ1) is 9.50. The summed E-state index contributed by atoms with van der Waals surface area (Å²) >= 11 is 0. The zero-order valence-electron chi connectivity index (χ0n) is 10.6. The number of primary amides is 1. The van der Waals surface area contributed by atoms with Crippen molar-refractivity contribution >= 4 is 5.91 Å². The lowest BCUT2D eigenvalue weighted by atomic mass is 10.1. The van der Waals surface area contributed by atoms with Crippen LogP contribution in [0.15, 0.2) is 30.3 Å². The van der Waals surface area contributed by atoms with Crippen LogP contribution in [0.2, 0.25) is 0 Å². The highest BCUT2D eigenvalue weighted by Crippen LogP contribution is 2.26. The molecule has 1 fully saturated rings. The van der Waals surface area contributed by atoms with Crippen LogP contribution in [0.25, 0.3) is 0 Å². The Hall–Kier alpha value is -1.51. The molecule has 1 amide bonds. The van der Waals surface area contributed by atoms with E-state index < -0.39 is 36.6 Å². The third kappa shape index (κ3) is 3.14. The molecule has 20 heavy (non-hydrogen) atoms. The van der Waals surface area contributed by atoms with Gasteiger partial charge in [-0.05, 0) is 5.56 Å². The Morgan fingerprint density at radius 2 is 2.00 bits per heavy atom. The summed E-state index contributed by atoms with van der Waals surface area (Å²) in [5, 5.41) is 28.9. The molecule has 1 unspecified atom stereocenters. The predicted molar refractivity (Wildman–Crippen MR) is 67.1 cm³/mol. The van der Waals surface area contributed by atoms with Gasteiger partial charge in [-0.3, -0.25) is 4.79 Å². The second-order valence-corrected chi connectivity index (χ2v) is 4.59. The molecule has 0 aromatic heterocycles. The standard InChI is InChI=1S/C13H17NO6/c14-12(17)8(15)11-10(9(16)13(18)20-11)19-6-7-4-2-1-3-5-7/h1-5,8-11,13,15-16,18H,6H2,(H2,14,17)/t8-,9?,10+,11-,13-/m1/s1. The average molecular weight is 283 g/mol. The Labute approximate surface area is 115 Å². The van der Waals surface area contributed by atoms with Crippen molar-refractivity contribution in [2.75, 3.05) is 0 Å². The fourth-order valence-electron chi connectivity index (χ4n) is 2.05. The Balaban J connectivity index is 2.04. The molecular weight excluding hydrogens is 266 g/mol. The number of carbonyl (C=O) groups excluding carboxylic acids is 1. The van der Waals surface area contributed by atoms with Crippen LogP contribution >= 0.6 is 0 Å². The maximum atomic E-state index is 11.0. The van der Waals surface area contributed by atoms with E-state index >= 15 is 0 Å². The number of carbonyl (C=O) groups is 1. The monoisotopic (exact) mass is 283 g/mol. The molecule has 0 radical (unpaired) electrons.